The standard InChI is InChI=1S/C37H34N2/c1-25-5-7-29(8-6-25)23-30-9-11-33(12-10-30)34-15-13-31(14-16-34)27(3)32-17-19-35(20-18-32)39-28(4)26(2)36-21-22-38-24-37(36)39/h5-22,24,27H,23H2,1-4H3. The molecule has 0 saturated carbocycles. The first-order valence-corrected chi connectivity index (χ1v) is 13.7. The van der Waals surface area contributed by atoms with Crippen molar-refractivity contribution in [3.63, 3.8) is 0 Å². The monoisotopic (exact) mass is 506 g/mol. The van der Waals surface area contributed by atoms with Crippen LogP contribution in [0.4, 0.5) is 0 Å². The van der Waals surface area contributed by atoms with Gasteiger partial charge in [0.1, 0.15) is 0 Å². The summed E-state index contributed by atoms with van der Waals surface area (Å²) in [5.41, 5.74) is 14.0. The Morgan fingerprint density at radius 3 is 1.79 bits per heavy atom. The second kappa shape index (κ2) is 10.4. The van der Waals surface area contributed by atoms with Crippen LogP contribution in [0.25, 0.3) is 27.7 Å². The van der Waals surface area contributed by atoms with E-state index in [1.165, 1.54) is 61.3 Å². The van der Waals surface area contributed by atoms with E-state index in [0.717, 1.165) is 11.9 Å². The molecule has 192 valence electrons. The zero-order valence-electron chi connectivity index (χ0n) is 23.1. The van der Waals surface area contributed by atoms with Crippen molar-refractivity contribution in [3.05, 3.63) is 155 Å². The first-order valence-electron chi connectivity index (χ1n) is 13.7. The van der Waals surface area contributed by atoms with Crippen LogP contribution in [-0.4, -0.2) is 9.55 Å². The Morgan fingerprint density at radius 2 is 1.18 bits per heavy atom. The van der Waals surface area contributed by atoms with E-state index in [-0.39, 0.29) is 0 Å². The van der Waals surface area contributed by atoms with Crippen molar-refractivity contribution >= 4 is 10.9 Å². The fourth-order valence-electron chi connectivity index (χ4n) is 5.58. The summed E-state index contributed by atoms with van der Waals surface area (Å²) in [7, 11) is 0. The van der Waals surface area contributed by atoms with E-state index >= 15 is 0 Å². The molecule has 0 aliphatic rings. The van der Waals surface area contributed by atoms with Crippen molar-refractivity contribution in [3.8, 4) is 16.8 Å². The molecule has 2 heterocycles. The molecule has 1 unspecified atom stereocenters. The van der Waals surface area contributed by atoms with E-state index in [2.05, 4.69) is 140 Å². The molecule has 0 bridgehead atoms. The number of fused-ring (bicyclic) bond motifs is 1. The molecule has 0 fully saturated rings. The normalized spacial score (nSPS) is 12.1. The molecular weight excluding hydrogens is 472 g/mol. The number of pyridine rings is 1. The fourth-order valence-corrected chi connectivity index (χ4v) is 5.58. The molecule has 4 aromatic carbocycles. The summed E-state index contributed by atoms with van der Waals surface area (Å²) in [5, 5.41) is 1.26. The topological polar surface area (TPSA) is 17.8 Å². The lowest BCUT2D eigenvalue weighted by atomic mass is 9.91. The van der Waals surface area contributed by atoms with Crippen LogP contribution < -0.4 is 0 Å². The van der Waals surface area contributed by atoms with Crippen molar-refractivity contribution in [2.75, 3.05) is 0 Å². The van der Waals surface area contributed by atoms with Crippen LogP contribution in [0.15, 0.2) is 116 Å². The second-order valence-electron chi connectivity index (χ2n) is 10.7. The second-order valence-corrected chi connectivity index (χ2v) is 10.7. The molecule has 2 aromatic heterocycles. The van der Waals surface area contributed by atoms with Gasteiger partial charge in [-0.25, -0.2) is 0 Å². The molecule has 0 aliphatic heterocycles. The van der Waals surface area contributed by atoms with E-state index in [4.69, 9.17) is 0 Å². The van der Waals surface area contributed by atoms with E-state index < -0.39 is 0 Å². The maximum atomic E-state index is 4.37. The van der Waals surface area contributed by atoms with Crippen LogP contribution in [0.2, 0.25) is 0 Å². The number of benzene rings is 4. The number of hydrogen-bond donors (Lipinski definition) is 0. The highest BCUT2D eigenvalue weighted by molar-refractivity contribution is 5.86. The van der Waals surface area contributed by atoms with Gasteiger partial charge in [0.15, 0.2) is 0 Å². The molecule has 2 heteroatoms. The van der Waals surface area contributed by atoms with Crippen LogP contribution >= 0.6 is 0 Å². The van der Waals surface area contributed by atoms with Gasteiger partial charge < -0.3 is 4.57 Å². The van der Waals surface area contributed by atoms with Crippen molar-refractivity contribution < 1.29 is 0 Å². The Hall–Kier alpha value is -4.43. The third kappa shape index (κ3) is 4.91. The van der Waals surface area contributed by atoms with Crippen molar-refractivity contribution in [2.45, 2.75) is 40.0 Å². The predicted molar refractivity (Wildman–Crippen MR) is 164 cm³/mol. The molecule has 0 radical (unpaired) electrons. The Balaban J connectivity index is 1.17. The van der Waals surface area contributed by atoms with Crippen LogP contribution in [0.3, 0.4) is 0 Å². The van der Waals surface area contributed by atoms with Gasteiger partial charge in [-0.1, -0.05) is 97.4 Å². The molecular formula is C37H34N2. The molecule has 0 saturated heterocycles. The highest BCUT2D eigenvalue weighted by Crippen LogP contribution is 2.31. The van der Waals surface area contributed by atoms with Crippen molar-refractivity contribution in [1.82, 2.24) is 9.55 Å². The Morgan fingerprint density at radius 1 is 0.641 bits per heavy atom. The first kappa shape index (κ1) is 24.9. The fraction of sp³-hybridized carbons (Fsp3) is 0.162. The van der Waals surface area contributed by atoms with Gasteiger partial charge in [-0.3, -0.25) is 4.98 Å². The average molecular weight is 507 g/mol. The number of aryl methyl sites for hydroxylation is 2. The SMILES string of the molecule is Cc1ccc(Cc2ccc(-c3ccc(C(C)c4ccc(-n5c(C)c(C)c6ccncc65)cc4)cc3)cc2)cc1. The van der Waals surface area contributed by atoms with Gasteiger partial charge in [0, 0.05) is 28.9 Å². The molecule has 0 spiro atoms. The zero-order chi connectivity index (χ0) is 26.9. The van der Waals surface area contributed by atoms with Gasteiger partial charge >= 0.3 is 0 Å². The van der Waals surface area contributed by atoms with Gasteiger partial charge in [-0.05, 0) is 84.3 Å². The van der Waals surface area contributed by atoms with Crippen LogP contribution in [0.5, 0.6) is 0 Å². The summed E-state index contributed by atoms with van der Waals surface area (Å²) in [6.45, 7) is 8.79. The van der Waals surface area contributed by atoms with Gasteiger partial charge in [-0.15, -0.1) is 0 Å². The summed E-state index contributed by atoms with van der Waals surface area (Å²) in [6, 6.07) is 37.9. The van der Waals surface area contributed by atoms with Gasteiger partial charge in [0.2, 0.25) is 0 Å². The Labute approximate surface area is 231 Å². The Kier molecular flexibility index (Phi) is 6.62. The molecule has 6 aromatic rings. The number of nitrogens with zero attached hydrogens (tertiary/aromatic N) is 2. The molecule has 1 atom stereocenters. The van der Waals surface area contributed by atoms with Gasteiger partial charge in [0.05, 0.1) is 11.7 Å². The minimum Gasteiger partial charge on any atom is -0.312 e. The number of aromatic nitrogens is 2. The minimum absolute atomic E-state index is 0.316. The lowest BCUT2D eigenvalue weighted by Crippen LogP contribution is -2.00. The van der Waals surface area contributed by atoms with Crippen LogP contribution in [0.1, 0.15) is 51.9 Å². The largest absolute Gasteiger partial charge is 0.312 e. The van der Waals surface area contributed by atoms with Gasteiger partial charge in [0.25, 0.3) is 0 Å². The molecule has 2 nitrogen and oxygen atoms in total. The number of rotatable bonds is 6. The Bertz CT molecular complexity index is 1720. The molecule has 6 rings (SSSR count). The smallest absolute Gasteiger partial charge is 0.0717 e. The lowest BCUT2D eigenvalue weighted by molar-refractivity contribution is 0.919. The van der Waals surface area contributed by atoms with E-state index in [1.807, 2.05) is 12.4 Å². The van der Waals surface area contributed by atoms with E-state index in [9.17, 15) is 0 Å². The third-order valence-electron chi connectivity index (χ3n) is 8.20. The lowest BCUT2D eigenvalue weighted by Gasteiger charge is -2.15. The molecule has 0 N–H and O–H groups in total. The summed E-state index contributed by atoms with van der Waals surface area (Å²) in [4.78, 5) is 4.37. The van der Waals surface area contributed by atoms with Crippen molar-refractivity contribution in [1.29, 1.82) is 0 Å². The van der Waals surface area contributed by atoms with Crippen LogP contribution in [0, 0.1) is 20.8 Å². The highest BCUT2D eigenvalue weighted by atomic mass is 15.0. The molecule has 39 heavy (non-hydrogen) atoms. The summed E-state index contributed by atoms with van der Waals surface area (Å²) in [6.07, 6.45) is 4.80. The van der Waals surface area contributed by atoms with E-state index in [0.29, 0.717) is 5.92 Å². The van der Waals surface area contributed by atoms with E-state index in [1.54, 1.807) is 0 Å². The minimum atomic E-state index is 0.316. The average Bonchev–Trinajstić information content (AvgIpc) is 3.24. The maximum Gasteiger partial charge on any atom is 0.0717 e. The predicted octanol–water partition coefficient (Wildman–Crippen LogP) is 9.36. The summed E-state index contributed by atoms with van der Waals surface area (Å²) < 4.78 is 2.31. The van der Waals surface area contributed by atoms with Crippen LogP contribution in [-0.2, 0) is 6.42 Å². The quantitative estimate of drug-likeness (QED) is 0.220. The molecule has 0 amide bonds. The highest BCUT2D eigenvalue weighted by Gasteiger charge is 2.14. The zero-order valence-corrected chi connectivity index (χ0v) is 23.1. The maximum absolute atomic E-state index is 4.37. The summed E-state index contributed by atoms with van der Waals surface area (Å²) in [5.74, 6) is 0.316. The number of hydrogen-bond acceptors (Lipinski definition) is 1. The third-order valence-corrected chi connectivity index (χ3v) is 8.20. The molecule has 0 aliphatic carbocycles. The summed E-state index contributed by atoms with van der Waals surface area (Å²) >= 11 is 0. The van der Waals surface area contributed by atoms with Gasteiger partial charge in [-0.2, -0.15) is 0 Å². The first-order chi connectivity index (χ1) is 19.0. The van der Waals surface area contributed by atoms with Crippen molar-refractivity contribution in [2.24, 2.45) is 0 Å².